The Hall–Kier alpha value is -0.600. The van der Waals surface area contributed by atoms with Crippen LogP contribution in [0, 0.1) is 0 Å². The molecule has 0 aliphatic heterocycles. The fraction of sp³-hybridized carbons (Fsp3) is 0.286. The summed E-state index contributed by atoms with van der Waals surface area (Å²) in [6, 6.07) is 12.2. The summed E-state index contributed by atoms with van der Waals surface area (Å²) in [7, 11) is 4.43. The highest BCUT2D eigenvalue weighted by Gasteiger charge is 2.21. The van der Waals surface area contributed by atoms with Crippen molar-refractivity contribution in [2.24, 2.45) is 0 Å². The number of hydrogen-bond donors (Lipinski definition) is 0. The van der Waals surface area contributed by atoms with Crippen LogP contribution in [0.2, 0.25) is 0 Å². The lowest BCUT2D eigenvalue weighted by molar-refractivity contribution is 0.350. The van der Waals surface area contributed by atoms with Gasteiger partial charge in [-0.15, -0.1) is 0 Å². The zero-order valence-electron chi connectivity index (χ0n) is 12.0. The Kier molecular flexibility index (Phi) is 5.86. The molecule has 0 aromatic heterocycles. The zero-order valence-corrected chi connectivity index (χ0v) is 13.8. The number of rotatable bonds is 6. The van der Waals surface area contributed by atoms with Crippen LogP contribution < -0.4 is 10.6 Å². The molecule has 0 saturated heterocycles. The van der Waals surface area contributed by atoms with E-state index in [4.69, 9.17) is 18.1 Å². The molecule has 0 fully saturated rings. The van der Waals surface area contributed by atoms with E-state index in [1.807, 2.05) is 24.3 Å². The van der Waals surface area contributed by atoms with Crippen molar-refractivity contribution < 1.29 is 18.1 Å². The molecular weight excluding hydrogens is 294 g/mol. The fourth-order valence-electron chi connectivity index (χ4n) is 2.15. The summed E-state index contributed by atoms with van der Waals surface area (Å²) in [5.41, 5.74) is 0. The van der Waals surface area contributed by atoms with E-state index in [1.165, 1.54) is 0 Å². The minimum Gasteiger partial charge on any atom is -0.334 e. The van der Waals surface area contributed by atoms with Crippen LogP contribution in [0.5, 0.6) is 0 Å². The minimum atomic E-state index is -1.10. The van der Waals surface area contributed by atoms with Crippen LogP contribution in [-0.2, 0) is 18.1 Å². The van der Waals surface area contributed by atoms with Crippen molar-refractivity contribution in [2.75, 3.05) is 28.4 Å². The van der Waals surface area contributed by atoms with Gasteiger partial charge in [-0.1, -0.05) is 24.3 Å². The van der Waals surface area contributed by atoms with Crippen molar-refractivity contribution in [1.29, 1.82) is 0 Å². The third-order valence-electron chi connectivity index (χ3n) is 2.92. The van der Waals surface area contributed by atoms with Crippen molar-refractivity contribution in [1.82, 2.24) is 0 Å². The van der Waals surface area contributed by atoms with E-state index in [0.717, 1.165) is 21.4 Å². The molecule has 2 aromatic rings. The van der Waals surface area contributed by atoms with Crippen molar-refractivity contribution in [3.8, 4) is 0 Å². The lowest BCUT2D eigenvalue weighted by Gasteiger charge is -2.19. The van der Waals surface area contributed by atoms with Gasteiger partial charge in [0.1, 0.15) is 0 Å². The van der Waals surface area contributed by atoms with Gasteiger partial charge in [-0.2, -0.15) is 0 Å². The molecule has 0 heterocycles. The molecule has 0 spiro atoms. The van der Waals surface area contributed by atoms with Crippen molar-refractivity contribution in [3.63, 3.8) is 0 Å². The quantitative estimate of drug-likeness (QED) is 0.767. The first-order valence-electron chi connectivity index (χ1n) is 6.05. The van der Waals surface area contributed by atoms with Crippen molar-refractivity contribution in [2.45, 2.75) is 0 Å². The Labute approximate surface area is 121 Å². The average Bonchev–Trinajstić information content (AvgIpc) is 2.50. The van der Waals surface area contributed by atoms with Gasteiger partial charge in [-0.25, -0.2) is 0 Å². The van der Waals surface area contributed by atoms with Crippen molar-refractivity contribution >= 4 is 38.1 Å². The molecule has 0 atom stereocenters. The molecule has 0 bridgehead atoms. The molecule has 4 nitrogen and oxygen atoms in total. The largest absolute Gasteiger partial charge is 0.334 e. The molecule has 6 heteroatoms. The molecule has 0 saturated carbocycles. The number of fused-ring (bicyclic) bond motifs is 1. The van der Waals surface area contributed by atoms with E-state index >= 15 is 0 Å². The van der Waals surface area contributed by atoms with E-state index in [-0.39, 0.29) is 0 Å². The van der Waals surface area contributed by atoms with Gasteiger partial charge < -0.3 is 18.1 Å². The summed E-state index contributed by atoms with van der Waals surface area (Å²) in [6.45, 7) is 0. The number of benzene rings is 2. The third kappa shape index (κ3) is 3.01. The maximum Gasteiger partial charge on any atom is 0.205 e. The molecule has 20 heavy (non-hydrogen) atoms. The minimum absolute atomic E-state index is 1.04. The molecule has 2 rings (SSSR count). The highest BCUT2D eigenvalue weighted by molar-refractivity contribution is 7.58. The van der Waals surface area contributed by atoms with Gasteiger partial charge in [0.25, 0.3) is 0 Å². The Morgan fingerprint density at radius 3 is 1.40 bits per heavy atom. The summed E-state index contributed by atoms with van der Waals surface area (Å²) >= 11 is 0. The van der Waals surface area contributed by atoms with Crippen LogP contribution in [-0.4, -0.2) is 28.4 Å². The first kappa shape index (κ1) is 15.8. The lowest BCUT2D eigenvalue weighted by atomic mass is 10.1. The van der Waals surface area contributed by atoms with E-state index in [1.54, 1.807) is 28.4 Å². The molecule has 0 amide bonds. The van der Waals surface area contributed by atoms with Crippen LogP contribution in [0.1, 0.15) is 0 Å². The van der Waals surface area contributed by atoms with Crippen LogP contribution in [0.25, 0.3) is 10.8 Å². The second-order valence-electron chi connectivity index (χ2n) is 3.90. The third-order valence-corrected chi connectivity index (χ3v) is 5.78. The normalized spacial score (nSPS) is 11.7. The monoisotopic (exact) mass is 312 g/mol. The van der Waals surface area contributed by atoms with Crippen molar-refractivity contribution in [3.05, 3.63) is 36.4 Å². The van der Waals surface area contributed by atoms with Gasteiger partial charge in [0.2, 0.25) is 16.8 Å². The maximum atomic E-state index is 5.46. The van der Waals surface area contributed by atoms with E-state index in [2.05, 4.69) is 12.1 Å². The summed E-state index contributed by atoms with van der Waals surface area (Å²) in [6.07, 6.45) is 0. The highest BCUT2D eigenvalue weighted by atomic mass is 31.2. The van der Waals surface area contributed by atoms with Crippen LogP contribution in [0.15, 0.2) is 36.4 Å². The standard InChI is InChI=1S/C14H18O4P2/c1-15-19(16-2)12-9-5-7-11-8-6-10-13(14(11)12)20(17-3)18-4/h5-10H,1-4H3. The van der Waals surface area contributed by atoms with Gasteiger partial charge in [0, 0.05) is 44.4 Å². The van der Waals surface area contributed by atoms with Gasteiger partial charge >= 0.3 is 0 Å². The first-order chi connectivity index (χ1) is 9.76. The molecule has 0 unspecified atom stereocenters. The molecule has 0 N–H and O–H groups in total. The Balaban J connectivity index is 2.69. The Morgan fingerprint density at radius 2 is 1.05 bits per heavy atom. The molecule has 0 aliphatic rings. The predicted molar refractivity (Wildman–Crippen MR) is 85.1 cm³/mol. The molecule has 2 aromatic carbocycles. The summed E-state index contributed by atoms with van der Waals surface area (Å²) in [4.78, 5) is 0. The van der Waals surface area contributed by atoms with Crippen LogP contribution in [0.4, 0.5) is 0 Å². The highest BCUT2D eigenvalue weighted by Crippen LogP contribution is 2.41. The first-order valence-corrected chi connectivity index (χ1v) is 8.40. The summed E-state index contributed by atoms with van der Waals surface area (Å²) in [5, 5.41) is 4.31. The average molecular weight is 312 g/mol. The maximum absolute atomic E-state index is 5.46. The van der Waals surface area contributed by atoms with Gasteiger partial charge in [0.05, 0.1) is 0 Å². The topological polar surface area (TPSA) is 36.9 Å². The second kappa shape index (κ2) is 7.42. The van der Waals surface area contributed by atoms with Crippen LogP contribution in [0.3, 0.4) is 0 Å². The smallest absolute Gasteiger partial charge is 0.205 e. The number of hydrogen-bond acceptors (Lipinski definition) is 4. The van der Waals surface area contributed by atoms with Gasteiger partial charge in [-0.05, 0) is 17.5 Å². The van der Waals surface area contributed by atoms with Gasteiger partial charge in [-0.3, -0.25) is 0 Å². The second-order valence-corrected chi connectivity index (χ2v) is 7.35. The molecule has 108 valence electrons. The summed E-state index contributed by atoms with van der Waals surface area (Å²) < 4.78 is 21.9. The molecule has 0 aliphatic carbocycles. The van der Waals surface area contributed by atoms with Gasteiger partial charge in [0.15, 0.2) is 0 Å². The fourth-order valence-corrected chi connectivity index (χ4v) is 4.60. The molecule has 0 radical (unpaired) electrons. The SMILES string of the molecule is COP(OC)c1cccc2cccc(P(OC)OC)c12. The zero-order chi connectivity index (χ0) is 14.5. The van der Waals surface area contributed by atoms with E-state index < -0.39 is 16.8 Å². The summed E-state index contributed by atoms with van der Waals surface area (Å²) in [5.74, 6) is 0. The van der Waals surface area contributed by atoms with E-state index in [0.29, 0.717) is 0 Å². The lowest BCUT2D eigenvalue weighted by Crippen LogP contribution is -2.14. The van der Waals surface area contributed by atoms with E-state index in [9.17, 15) is 0 Å². The predicted octanol–water partition coefficient (Wildman–Crippen LogP) is 3.30. The van der Waals surface area contributed by atoms with Crippen LogP contribution >= 0.6 is 16.8 Å². The Morgan fingerprint density at radius 1 is 0.650 bits per heavy atom. The Bertz CT molecular complexity index is 521. The molecular formula is C14H18O4P2.